The molecule has 7 nitrogen and oxygen atoms in total. The molecule has 0 saturated carbocycles. The van der Waals surface area contributed by atoms with Crippen LogP contribution >= 0.6 is 0 Å². The van der Waals surface area contributed by atoms with Crippen molar-refractivity contribution >= 4 is 0 Å². The van der Waals surface area contributed by atoms with E-state index in [1.165, 1.54) is 0 Å². The molecule has 0 aromatic heterocycles. The van der Waals surface area contributed by atoms with Gasteiger partial charge in [-0.2, -0.15) is 0 Å². The first-order valence-electron chi connectivity index (χ1n) is 9.38. The predicted octanol–water partition coefficient (Wildman–Crippen LogP) is 2.98. The number of nitro groups is 2. The Kier molecular flexibility index (Phi) is 5.21. The Labute approximate surface area is 164 Å². The van der Waals surface area contributed by atoms with Crippen molar-refractivity contribution in [3.63, 3.8) is 0 Å². The minimum absolute atomic E-state index is 0.344. The second-order valence-corrected chi connectivity index (χ2v) is 8.35. The molecule has 1 fully saturated rings. The summed E-state index contributed by atoms with van der Waals surface area (Å²) in [6, 6.07) is 12.1. The Morgan fingerprint density at radius 1 is 0.750 bits per heavy atom. The first kappa shape index (κ1) is 19.9. The third kappa shape index (κ3) is 3.49. The maximum atomic E-state index is 12.0. The lowest BCUT2D eigenvalue weighted by atomic mass is 9.66. The highest BCUT2D eigenvalue weighted by molar-refractivity contribution is 5.28. The Balaban J connectivity index is 2.14. The fourth-order valence-electron chi connectivity index (χ4n) is 4.50. The monoisotopic (exact) mass is 384 g/mol. The number of nitrogens with two attached hydrogens (primary N) is 1. The van der Waals surface area contributed by atoms with E-state index >= 15 is 0 Å². The van der Waals surface area contributed by atoms with E-state index in [0.717, 1.165) is 22.3 Å². The molecule has 0 spiro atoms. The molecule has 1 heterocycles. The van der Waals surface area contributed by atoms with Crippen LogP contribution in [0.5, 0.6) is 0 Å². The molecule has 148 valence electrons. The van der Waals surface area contributed by atoms with Gasteiger partial charge < -0.3 is 5.32 Å². The lowest BCUT2D eigenvalue weighted by Gasteiger charge is -2.41. The number of quaternary nitrogens is 1. The van der Waals surface area contributed by atoms with Crippen LogP contribution in [0.25, 0.3) is 0 Å². The van der Waals surface area contributed by atoms with E-state index < -0.39 is 29.6 Å². The van der Waals surface area contributed by atoms with E-state index in [9.17, 15) is 20.2 Å². The average molecular weight is 384 g/mol. The quantitative estimate of drug-likeness (QED) is 0.646. The van der Waals surface area contributed by atoms with Crippen LogP contribution in [0.15, 0.2) is 48.5 Å². The van der Waals surface area contributed by atoms with Crippen molar-refractivity contribution in [2.75, 3.05) is 0 Å². The molecule has 1 saturated heterocycles. The van der Waals surface area contributed by atoms with Gasteiger partial charge in [0, 0.05) is 21.0 Å². The van der Waals surface area contributed by atoms with E-state index in [1.807, 2.05) is 67.7 Å². The average Bonchev–Trinajstić information content (AvgIpc) is 2.60. The summed E-state index contributed by atoms with van der Waals surface area (Å²) >= 11 is 0. The van der Waals surface area contributed by atoms with Crippen LogP contribution in [0.3, 0.4) is 0 Å². The van der Waals surface area contributed by atoms with Gasteiger partial charge in [0.05, 0.1) is 0 Å². The van der Waals surface area contributed by atoms with Gasteiger partial charge in [0.25, 0.3) is 12.1 Å². The summed E-state index contributed by atoms with van der Waals surface area (Å²) in [4.78, 5) is 23.4. The van der Waals surface area contributed by atoms with Crippen molar-refractivity contribution in [1.82, 2.24) is 0 Å². The molecule has 2 aromatic rings. The second-order valence-electron chi connectivity index (χ2n) is 8.35. The SMILES string of the molecule is Cc1ccc([C@H]2[NH2+][C@H](c3ccc(C)cc3)[C@@H]([N+](=O)[O-])C(C)(C)[C@@H]2[N+](=O)[O-])cc1. The fraction of sp³-hybridized carbons (Fsp3) is 0.429. The van der Waals surface area contributed by atoms with Crippen molar-refractivity contribution in [2.24, 2.45) is 5.41 Å². The number of nitrogens with zero attached hydrogens (tertiary/aromatic N) is 2. The zero-order chi connectivity index (χ0) is 20.6. The van der Waals surface area contributed by atoms with E-state index in [1.54, 1.807) is 13.8 Å². The number of rotatable bonds is 4. The molecule has 0 unspecified atom stereocenters. The summed E-state index contributed by atoms with van der Waals surface area (Å²) in [5.41, 5.74) is 2.63. The van der Waals surface area contributed by atoms with Gasteiger partial charge in [-0.3, -0.25) is 20.2 Å². The van der Waals surface area contributed by atoms with Gasteiger partial charge in [-0.25, -0.2) is 0 Å². The van der Waals surface area contributed by atoms with Crippen molar-refractivity contribution in [1.29, 1.82) is 0 Å². The molecular weight excluding hydrogens is 358 g/mol. The second kappa shape index (κ2) is 7.31. The summed E-state index contributed by atoms with van der Waals surface area (Å²) in [6.07, 6.45) is 0. The highest BCUT2D eigenvalue weighted by Crippen LogP contribution is 2.43. The molecule has 0 aliphatic carbocycles. The number of benzene rings is 2. The topological polar surface area (TPSA) is 103 Å². The first-order chi connectivity index (χ1) is 13.1. The third-order valence-electron chi connectivity index (χ3n) is 6.00. The van der Waals surface area contributed by atoms with Crippen LogP contribution in [0.1, 0.15) is 48.2 Å². The summed E-state index contributed by atoms with van der Waals surface area (Å²) in [5, 5.41) is 25.9. The number of hydrogen-bond acceptors (Lipinski definition) is 4. The summed E-state index contributed by atoms with van der Waals surface area (Å²) in [7, 11) is 0. The van der Waals surface area contributed by atoms with Crippen LogP contribution in [0.2, 0.25) is 0 Å². The fourth-order valence-corrected chi connectivity index (χ4v) is 4.50. The highest BCUT2D eigenvalue weighted by atomic mass is 16.6. The van der Waals surface area contributed by atoms with E-state index in [-0.39, 0.29) is 9.85 Å². The Hall–Kier alpha value is -2.80. The number of piperidine rings is 1. The zero-order valence-electron chi connectivity index (χ0n) is 16.5. The maximum Gasteiger partial charge on any atom is 0.279 e. The largest absolute Gasteiger partial charge is 0.322 e. The Bertz CT molecular complexity index is 806. The molecule has 1 aliphatic rings. The highest BCUT2D eigenvalue weighted by Gasteiger charge is 2.65. The molecule has 4 atom stereocenters. The van der Waals surface area contributed by atoms with Gasteiger partial charge in [-0.1, -0.05) is 59.7 Å². The summed E-state index contributed by atoms with van der Waals surface area (Å²) in [6.45, 7) is 7.23. The number of aryl methyl sites for hydroxylation is 2. The minimum atomic E-state index is -1.13. The van der Waals surface area contributed by atoms with Crippen molar-refractivity contribution in [2.45, 2.75) is 51.9 Å². The molecule has 7 heteroatoms. The molecule has 3 rings (SSSR count). The zero-order valence-corrected chi connectivity index (χ0v) is 16.5. The molecular formula is C21H26N3O4+. The van der Waals surface area contributed by atoms with E-state index in [0.29, 0.717) is 0 Å². The minimum Gasteiger partial charge on any atom is -0.322 e. The van der Waals surface area contributed by atoms with E-state index in [4.69, 9.17) is 0 Å². The van der Waals surface area contributed by atoms with Gasteiger partial charge >= 0.3 is 0 Å². The summed E-state index contributed by atoms with van der Waals surface area (Å²) < 4.78 is 0. The smallest absolute Gasteiger partial charge is 0.279 e. The lowest BCUT2D eigenvalue weighted by molar-refractivity contribution is -0.818. The van der Waals surface area contributed by atoms with Gasteiger partial charge in [0.15, 0.2) is 12.1 Å². The molecule has 2 N–H and O–H groups in total. The molecule has 0 radical (unpaired) electrons. The van der Waals surface area contributed by atoms with Gasteiger partial charge in [-0.05, 0) is 27.7 Å². The lowest BCUT2D eigenvalue weighted by Crippen LogP contribution is -2.96. The van der Waals surface area contributed by atoms with Gasteiger partial charge in [0.1, 0.15) is 5.41 Å². The van der Waals surface area contributed by atoms with Crippen molar-refractivity contribution in [3.8, 4) is 0 Å². The van der Waals surface area contributed by atoms with Crippen molar-refractivity contribution < 1.29 is 15.2 Å². The molecule has 28 heavy (non-hydrogen) atoms. The van der Waals surface area contributed by atoms with Gasteiger partial charge in [0.2, 0.25) is 0 Å². The Morgan fingerprint density at radius 3 is 1.36 bits per heavy atom. The molecule has 0 bridgehead atoms. The normalized spacial score (nSPS) is 26.6. The predicted molar refractivity (Wildman–Crippen MR) is 105 cm³/mol. The van der Waals surface area contributed by atoms with Crippen LogP contribution in [0, 0.1) is 39.5 Å². The number of hydrogen-bond donors (Lipinski definition) is 1. The first-order valence-corrected chi connectivity index (χ1v) is 9.38. The van der Waals surface area contributed by atoms with Crippen molar-refractivity contribution in [3.05, 3.63) is 91.0 Å². The molecule has 1 aliphatic heterocycles. The standard InChI is InChI=1S/C21H25N3O4/c1-13-5-9-15(10-6-13)17-19(23(25)26)21(3,4)20(24(27)28)18(22-17)16-11-7-14(2)8-12-16/h5-12,17-20,22H,1-4H3/p+1/t17-,18-,19-,20-/m1/s1. The van der Waals surface area contributed by atoms with Crippen LogP contribution in [-0.4, -0.2) is 21.9 Å². The van der Waals surface area contributed by atoms with E-state index in [2.05, 4.69) is 0 Å². The molecule has 0 amide bonds. The maximum absolute atomic E-state index is 12.0. The third-order valence-corrected chi connectivity index (χ3v) is 6.00. The Morgan fingerprint density at radius 2 is 1.07 bits per heavy atom. The summed E-state index contributed by atoms with van der Waals surface area (Å²) in [5.74, 6) is 0. The van der Waals surface area contributed by atoms with Crippen LogP contribution in [0.4, 0.5) is 0 Å². The van der Waals surface area contributed by atoms with Crippen LogP contribution < -0.4 is 5.32 Å². The van der Waals surface area contributed by atoms with Gasteiger partial charge in [-0.15, -0.1) is 0 Å². The van der Waals surface area contributed by atoms with Crippen LogP contribution in [-0.2, 0) is 0 Å². The molecule has 2 aromatic carbocycles.